The number of benzene rings is 3. The van der Waals surface area contributed by atoms with Gasteiger partial charge in [-0.15, -0.1) is 0 Å². The number of nitrogens with zero attached hydrogens (tertiary/aromatic N) is 2. The van der Waals surface area contributed by atoms with Crippen LogP contribution >= 0.6 is 0 Å². The number of carbonyl (C=O) groups is 1. The topological polar surface area (TPSA) is 88.6 Å². The number of hydrogen-bond donors (Lipinski definition) is 2. The van der Waals surface area contributed by atoms with Crippen LogP contribution in [0.15, 0.2) is 84.0 Å². The number of rotatable bonds is 8. The van der Waals surface area contributed by atoms with Crippen molar-refractivity contribution in [3.8, 4) is 22.8 Å². The van der Waals surface area contributed by atoms with Crippen molar-refractivity contribution in [1.82, 2.24) is 15.6 Å². The van der Waals surface area contributed by atoms with Crippen molar-refractivity contribution in [3.63, 3.8) is 0 Å². The maximum Gasteiger partial charge on any atom is 0.289 e. The number of aromatic amines is 1. The number of amides is 1. The average Bonchev–Trinajstić information content (AvgIpc) is 3.34. The Labute approximate surface area is 192 Å². The van der Waals surface area contributed by atoms with Crippen LogP contribution in [0.5, 0.6) is 11.5 Å². The summed E-state index contributed by atoms with van der Waals surface area (Å²) in [6, 6.07) is 24.9. The first kappa shape index (κ1) is 21.8. The summed E-state index contributed by atoms with van der Waals surface area (Å²) in [5.74, 6) is 0.826. The Morgan fingerprint density at radius 3 is 2.58 bits per heavy atom. The first-order valence-electron chi connectivity index (χ1n) is 10.4. The highest BCUT2D eigenvalue weighted by Crippen LogP contribution is 2.28. The fourth-order valence-electron chi connectivity index (χ4n) is 3.16. The molecule has 4 rings (SSSR count). The minimum Gasteiger partial charge on any atom is -0.493 e. The fourth-order valence-corrected chi connectivity index (χ4v) is 3.16. The molecular formula is C26H24N4O3. The van der Waals surface area contributed by atoms with Gasteiger partial charge >= 0.3 is 0 Å². The van der Waals surface area contributed by atoms with Crippen molar-refractivity contribution in [1.29, 1.82) is 0 Å². The van der Waals surface area contributed by atoms with Crippen molar-refractivity contribution in [2.75, 3.05) is 7.11 Å². The molecule has 1 heterocycles. The highest BCUT2D eigenvalue weighted by Gasteiger charge is 2.10. The van der Waals surface area contributed by atoms with E-state index in [1.54, 1.807) is 25.5 Å². The van der Waals surface area contributed by atoms with Gasteiger partial charge in [0.2, 0.25) is 0 Å². The quantitative estimate of drug-likeness (QED) is 0.306. The Morgan fingerprint density at radius 2 is 1.82 bits per heavy atom. The molecule has 33 heavy (non-hydrogen) atoms. The largest absolute Gasteiger partial charge is 0.493 e. The third kappa shape index (κ3) is 5.65. The predicted molar refractivity (Wildman–Crippen MR) is 128 cm³/mol. The van der Waals surface area contributed by atoms with Crippen LogP contribution < -0.4 is 14.9 Å². The van der Waals surface area contributed by atoms with Gasteiger partial charge in [-0.1, -0.05) is 60.2 Å². The number of H-pyrrole nitrogens is 1. The molecule has 0 spiro atoms. The van der Waals surface area contributed by atoms with E-state index in [1.807, 2.05) is 73.7 Å². The molecule has 0 bridgehead atoms. The minimum atomic E-state index is -0.383. The molecule has 0 aliphatic carbocycles. The summed E-state index contributed by atoms with van der Waals surface area (Å²) in [7, 11) is 1.59. The van der Waals surface area contributed by atoms with Crippen LogP contribution in [0.3, 0.4) is 0 Å². The molecule has 1 amide bonds. The molecule has 0 unspecified atom stereocenters. The summed E-state index contributed by atoms with van der Waals surface area (Å²) in [5, 5.41) is 11.0. The van der Waals surface area contributed by atoms with Gasteiger partial charge in [0.25, 0.3) is 5.91 Å². The summed E-state index contributed by atoms with van der Waals surface area (Å²) in [6.07, 6.45) is 1.55. The van der Waals surface area contributed by atoms with Gasteiger partial charge in [-0.3, -0.25) is 9.89 Å². The van der Waals surface area contributed by atoms with E-state index in [9.17, 15) is 4.79 Å². The van der Waals surface area contributed by atoms with E-state index in [2.05, 4.69) is 20.7 Å². The summed E-state index contributed by atoms with van der Waals surface area (Å²) in [5.41, 5.74) is 7.43. The van der Waals surface area contributed by atoms with Crippen LogP contribution in [0.2, 0.25) is 0 Å². The Hall–Kier alpha value is -4.39. The molecular weight excluding hydrogens is 416 g/mol. The van der Waals surface area contributed by atoms with Crippen molar-refractivity contribution >= 4 is 12.1 Å². The average molecular weight is 441 g/mol. The summed E-state index contributed by atoms with van der Waals surface area (Å²) < 4.78 is 11.3. The van der Waals surface area contributed by atoms with E-state index < -0.39 is 0 Å². The summed E-state index contributed by atoms with van der Waals surface area (Å²) in [4.78, 5) is 12.4. The summed E-state index contributed by atoms with van der Waals surface area (Å²) in [6.45, 7) is 2.43. The zero-order chi connectivity index (χ0) is 23.0. The third-order valence-corrected chi connectivity index (χ3v) is 4.97. The van der Waals surface area contributed by atoms with E-state index in [0.29, 0.717) is 29.5 Å². The molecule has 7 heteroatoms. The first-order chi connectivity index (χ1) is 16.1. The van der Waals surface area contributed by atoms with Gasteiger partial charge in [-0.25, -0.2) is 5.43 Å². The van der Waals surface area contributed by atoms with Crippen molar-refractivity contribution in [2.24, 2.45) is 5.10 Å². The standard InChI is InChI=1S/C26H24N4O3/c1-18-8-11-21(12-9-18)22-15-23(29-28-22)26(31)30-27-16-20-10-13-24(32-2)25(14-20)33-17-19-6-4-3-5-7-19/h3-16H,17H2,1-2H3,(H,28,29)(H,30,31)/b27-16-. The molecule has 0 aliphatic heterocycles. The van der Waals surface area contributed by atoms with E-state index >= 15 is 0 Å². The van der Waals surface area contributed by atoms with Gasteiger partial charge in [0.15, 0.2) is 11.5 Å². The second-order valence-electron chi connectivity index (χ2n) is 7.42. The SMILES string of the molecule is COc1ccc(/C=N\NC(=O)c2cc(-c3ccc(C)cc3)n[nH]2)cc1OCc1ccccc1. The fraction of sp³-hybridized carbons (Fsp3) is 0.115. The lowest BCUT2D eigenvalue weighted by molar-refractivity contribution is 0.0950. The van der Waals surface area contributed by atoms with Gasteiger partial charge < -0.3 is 9.47 Å². The van der Waals surface area contributed by atoms with Crippen LogP contribution in [-0.4, -0.2) is 29.4 Å². The highest BCUT2D eigenvalue weighted by atomic mass is 16.5. The number of hydrazone groups is 1. The molecule has 0 saturated heterocycles. The molecule has 1 aromatic heterocycles. The van der Waals surface area contributed by atoms with Crippen LogP contribution in [-0.2, 0) is 6.61 Å². The lowest BCUT2D eigenvalue weighted by Gasteiger charge is -2.11. The van der Waals surface area contributed by atoms with Crippen molar-refractivity contribution in [3.05, 3.63) is 101 Å². The second kappa shape index (κ2) is 10.3. The lowest BCUT2D eigenvalue weighted by Crippen LogP contribution is -2.18. The third-order valence-electron chi connectivity index (χ3n) is 4.97. The predicted octanol–water partition coefficient (Wildman–Crippen LogP) is 4.74. The zero-order valence-electron chi connectivity index (χ0n) is 18.4. The van der Waals surface area contributed by atoms with E-state index in [-0.39, 0.29) is 5.91 Å². The number of carbonyl (C=O) groups excluding carboxylic acids is 1. The van der Waals surface area contributed by atoms with Crippen LogP contribution in [0.4, 0.5) is 0 Å². The van der Waals surface area contributed by atoms with Gasteiger partial charge in [-0.2, -0.15) is 10.2 Å². The number of nitrogens with one attached hydrogen (secondary N) is 2. The van der Waals surface area contributed by atoms with E-state index in [4.69, 9.17) is 9.47 Å². The number of hydrogen-bond acceptors (Lipinski definition) is 5. The van der Waals surface area contributed by atoms with Crippen molar-refractivity contribution < 1.29 is 14.3 Å². The van der Waals surface area contributed by atoms with Crippen LogP contribution in [0.1, 0.15) is 27.2 Å². The van der Waals surface area contributed by atoms with Crippen LogP contribution in [0.25, 0.3) is 11.3 Å². The molecule has 0 atom stereocenters. The number of methoxy groups -OCH3 is 1. The lowest BCUT2D eigenvalue weighted by atomic mass is 10.1. The minimum absolute atomic E-state index is 0.323. The normalized spacial score (nSPS) is 10.8. The van der Waals surface area contributed by atoms with E-state index in [0.717, 1.165) is 22.3 Å². The maximum atomic E-state index is 12.4. The molecule has 166 valence electrons. The zero-order valence-corrected chi connectivity index (χ0v) is 18.4. The van der Waals surface area contributed by atoms with Crippen LogP contribution in [0, 0.1) is 6.92 Å². The van der Waals surface area contributed by atoms with Crippen molar-refractivity contribution in [2.45, 2.75) is 13.5 Å². The smallest absolute Gasteiger partial charge is 0.289 e. The second-order valence-corrected chi connectivity index (χ2v) is 7.42. The molecule has 2 N–H and O–H groups in total. The number of ether oxygens (including phenoxy) is 2. The Kier molecular flexibility index (Phi) is 6.80. The molecule has 7 nitrogen and oxygen atoms in total. The highest BCUT2D eigenvalue weighted by molar-refractivity contribution is 5.94. The van der Waals surface area contributed by atoms with Gasteiger partial charge in [-0.05, 0) is 42.3 Å². The van der Waals surface area contributed by atoms with E-state index in [1.165, 1.54) is 0 Å². The maximum absolute atomic E-state index is 12.4. The molecule has 0 fully saturated rings. The Bertz CT molecular complexity index is 1250. The van der Waals surface area contributed by atoms with Gasteiger partial charge in [0.05, 0.1) is 19.0 Å². The molecule has 4 aromatic rings. The first-order valence-corrected chi connectivity index (χ1v) is 10.4. The molecule has 0 saturated carbocycles. The number of aromatic nitrogens is 2. The Morgan fingerprint density at radius 1 is 1.03 bits per heavy atom. The molecule has 0 radical (unpaired) electrons. The molecule has 0 aliphatic rings. The van der Waals surface area contributed by atoms with Gasteiger partial charge in [0, 0.05) is 5.56 Å². The number of aryl methyl sites for hydroxylation is 1. The summed E-state index contributed by atoms with van der Waals surface area (Å²) >= 11 is 0. The Balaban J connectivity index is 1.39. The monoisotopic (exact) mass is 440 g/mol. The van der Waals surface area contributed by atoms with Gasteiger partial charge in [0.1, 0.15) is 12.3 Å². The molecule has 3 aromatic carbocycles.